The van der Waals surface area contributed by atoms with Gasteiger partial charge in [0.05, 0.1) is 6.61 Å². The molecule has 3 nitrogen and oxygen atoms in total. The zero-order valence-electron chi connectivity index (χ0n) is 11.0. The van der Waals surface area contributed by atoms with Crippen molar-refractivity contribution < 1.29 is 9.53 Å². The van der Waals surface area contributed by atoms with E-state index in [0.29, 0.717) is 6.61 Å². The summed E-state index contributed by atoms with van der Waals surface area (Å²) >= 11 is 0. The van der Waals surface area contributed by atoms with Crippen molar-refractivity contribution in [2.24, 2.45) is 0 Å². The minimum atomic E-state index is -0.407. The third-order valence-corrected chi connectivity index (χ3v) is 3.07. The smallest absolute Gasteiger partial charge is 0.411 e. The van der Waals surface area contributed by atoms with Gasteiger partial charge in [-0.1, -0.05) is 32.9 Å². The fourth-order valence-corrected chi connectivity index (χ4v) is 1.49. The SMILES string of the molecule is CCOC(=O)Nc1ccc(C(C)(C)CC)cc1. The Bertz CT molecular complexity index is 368. The fourth-order valence-electron chi connectivity index (χ4n) is 1.49. The summed E-state index contributed by atoms with van der Waals surface area (Å²) < 4.78 is 4.81. The highest BCUT2D eigenvalue weighted by Crippen LogP contribution is 2.27. The van der Waals surface area contributed by atoms with Gasteiger partial charge in [-0.05, 0) is 36.5 Å². The monoisotopic (exact) mass is 235 g/mol. The second kappa shape index (κ2) is 5.71. The van der Waals surface area contributed by atoms with Crippen molar-refractivity contribution >= 4 is 11.8 Å². The number of amides is 1. The first-order chi connectivity index (χ1) is 7.99. The van der Waals surface area contributed by atoms with E-state index in [-0.39, 0.29) is 5.41 Å². The molecule has 17 heavy (non-hydrogen) atoms. The lowest BCUT2D eigenvalue weighted by Gasteiger charge is -2.23. The molecule has 0 aliphatic rings. The van der Waals surface area contributed by atoms with Crippen LogP contribution in [-0.4, -0.2) is 12.7 Å². The van der Waals surface area contributed by atoms with Crippen LogP contribution in [0, 0.1) is 0 Å². The molecule has 0 saturated heterocycles. The predicted molar refractivity (Wildman–Crippen MR) is 70.4 cm³/mol. The molecule has 0 aliphatic heterocycles. The van der Waals surface area contributed by atoms with Crippen molar-refractivity contribution in [3.63, 3.8) is 0 Å². The number of ether oxygens (including phenoxy) is 1. The van der Waals surface area contributed by atoms with Crippen molar-refractivity contribution in [3.8, 4) is 0 Å². The summed E-state index contributed by atoms with van der Waals surface area (Å²) in [5.74, 6) is 0. The van der Waals surface area contributed by atoms with Gasteiger partial charge in [-0.15, -0.1) is 0 Å². The molecule has 0 radical (unpaired) electrons. The minimum Gasteiger partial charge on any atom is -0.450 e. The van der Waals surface area contributed by atoms with E-state index in [1.165, 1.54) is 5.56 Å². The van der Waals surface area contributed by atoms with Gasteiger partial charge in [0.2, 0.25) is 0 Å². The Balaban J connectivity index is 2.72. The number of carbonyl (C=O) groups is 1. The molecule has 0 unspecified atom stereocenters. The first-order valence-corrected chi connectivity index (χ1v) is 6.04. The molecule has 0 fully saturated rings. The first kappa shape index (κ1) is 13.6. The number of anilines is 1. The van der Waals surface area contributed by atoms with Crippen LogP contribution in [-0.2, 0) is 10.2 Å². The van der Waals surface area contributed by atoms with E-state index in [2.05, 4.69) is 26.1 Å². The predicted octanol–water partition coefficient (Wildman–Crippen LogP) is 3.94. The average Bonchev–Trinajstić information content (AvgIpc) is 2.30. The maximum atomic E-state index is 11.2. The number of hydrogen-bond acceptors (Lipinski definition) is 2. The summed E-state index contributed by atoms with van der Waals surface area (Å²) in [6.07, 6.45) is 0.674. The van der Waals surface area contributed by atoms with Crippen LogP contribution in [0.5, 0.6) is 0 Å². The highest BCUT2D eigenvalue weighted by atomic mass is 16.5. The molecule has 0 atom stereocenters. The van der Waals surface area contributed by atoms with Gasteiger partial charge in [-0.3, -0.25) is 5.32 Å². The molecule has 3 heteroatoms. The van der Waals surface area contributed by atoms with E-state index < -0.39 is 6.09 Å². The van der Waals surface area contributed by atoms with Crippen molar-refractivity contribution in [3.05, 3.63) is 29.8 Å². The van der Waals surface area contributed by atoms with Crippen molar-refractivity contribution in [2.45, 2.75) is 39.5 Å². The Kier molecular flexibility index (Phi) is 4.55. The van der Waals surface area contributed by atoms with Crippen LogP contribution in [0.15, 0.2) is 24.3 Å². The van der Waals surface area contributed by atoms with Crippen LogP contribution in [0.1, 0.15) is 39.7 Å². The Labute approximate surface area is 103 Å². The molecule has 1 amide bonds. The quantitative estimate of drug-likeness (QED) is 0.858. The van der Waals surface area contributed by atoms with Gasteiger partial charge in [0.1, 0.15) is 0 Å². The molecule has 0 spiro atoms. The average molecular weight is 235 g/mol. The van der Waals surface area contributed by atoms with Crippen LogP contribution in [0.25, 0.3) is 0 Å². The van der Waals surface area contributed by atoms with E-state index in [4.69, 9.17) is 4.74 Å². The number of hydrogen-bond donors (Lipinski definition) is 1. The standard InChI is InChI=1S/C14H21NO2/c1-5-14(3,4)11-7-9-12(10-8-11)15-13(16)17-6-2/h7-10H,5-6H2,1-4H3,(H,15,16). The summed E-state index contributed by atoms with van der Waals surface area (Å²) in [4.78, 5) is 11.2. The summed E-state index contributed by atoms with van der Waals surface area (Å²) in [6, 6.07) is 7.91. The van der Waals surface area contributed by atoms with Crippen LogP contribution in [0.2, 0.25) is 0 Å². The third-order valence-electron chi connectivity index (χ3n) is 3.07. The van der Waals surface area contributed by atoms with Crippen molar-refractivity contribution in [1.29, 1.82) is 0 Å². The lowest BCUT2D eigenvalue weighted by molar-refractivity contribution is 0.168. The van der Waals surface area contributed by atoms with Crippen molar-refractivity contribution in [1.82, 2.24) is 0 Å². The summed E-state index contributed by atoms with van der Waals surface area (Å²) in [5, 5.41) is 2.68. The van der Waals surface area contributed by atoms with Gasteiger partial charge in [0.25, 0.3) is 0 Å². The zero-order chi connectivity index (χ0) is 12.9. The van der Waals surface area contributed by atoms with Crippen LogP contribution >= 0.6 is 0 Å². The maximum absolute atomic E-state index is 11.2. The molecule has 0 bridgehead atoms. The number of rotatable bonds is 4. The molecule has 0 aromatic heterocycles. The zero-order valence-corrected chi connectivity index (χ0v) is 11.0. The van der Waals surface area contributed by atoms with Crippen LogP contribution in [0.3, 0.4) is 0 Å². The maximum Gasteiger partial charge on any atom is 0.411 e. The van der Waals surface area contributed by atoms with E-state index in [0.717, 1.165) is 12.1 Å². The first-order valence-electron chi connectivity index (χ1n) is 6.04. The van der Waals surface area contributed by atoms with E-state index in [9.17, 15) is 4.79 Å². The minimum absolute atomic E-state index is 0.169. The molecular formula is C14H21NO2. The normalized spacial score (nSPS) is 11.1. The molecule has 94 valence electrons. The highest BCUT2D eigenvalue weighted by Gasteiger charge is 2.17. The molecule has 1 aromatic rings. The summed E-state index contributed by atoms with van der Waals surface area (Å²) in [7, 11) is 0. The van der Waals surface area contributed by atoms with Gasteiger partial charge >= 0.3 is 6.09 Å². The fraction of sp³-hybridized carbons (Fsp3) is 0.500. The van der Waals surface area contributed by atoms with Gasteiger partial charge < -0.3 is 4.74 Å². The van der Waals surface area contributed by atoms with Crippen LogP contribution in [0.4, 0.5) is 10.5 Å². The lowest BCUT2D eigenvalue weighted by Crippen LogP contribution is -2.16. The van der Waals surface area contributed by atoms with E-state index in [1.54, 1.807) is 6.92 Å². The van der Waals surface area contributed by atoms with Gasteiger partial charge in [-0.25, -0.2) is 4.79 Å². The molecule has 1 rings (SSSR count). The second-order valence-electron chi connectivity index (χ2n) is 4.66. The Hall–Kier alpha value is -1.51. The molecule has 1 aromatic carbocycles. The van der Waals surface area contributed by atoms with Crippen molar-refractivity contribution in [2.75, 3.05) is 11.9 Å². The largest absolute Gasteiger partial charge is 0.450 e. The molecule has 0 saturated carbocycles. The topological polar surface area (TPSA) is 38.3 Å². The van der Waals surface area contributed by atoms with Gasteiger partial charge in [-0.2, -0.15) is 0 Å². The van der Waals surface area contributed by atoms with E-state index in [1.807, 2.05) is 24.3 Å². The molecule has 1 N–H and O–H groups in total. The Morgan fingerprint density at radius 3 is 2.29 bits per heavy atom. The van der Waals surface area contributed by atoms with Crippen LogP contribution < -0.4 is 5.32 Å². The number of benzene rings is 1. The second-order valence-corrected chi connectivity index (χ2v) is 4.66. The lowest BCUT2D eigenvalue weighted by atomic mass is 9.82. The number of nitrogens with one attached hydrogen (secondary N) is 1. The third kappa shape index (κ3) is 3.77. The molecule has 0 heterocycles. The Morgan fingerprint density at radius 2 is 1.82 bits per heavy atom. The number of carbonyl (C=O) groups excluding carboxylic acids is 1. The molecular weight excluding hydrogens is 214 g/mol. The van der Waals surface area contributed by atoms with Gasteiger partial charge in [0.15, 0.2) is 0 Å². The highest BCUT2D eigenvalue weighted by molar-refractivity contribution is 5.84. The van der Waals surface area contributed by atoms with E-state index >= 15 is 0 Å². The Morgan fingerprint density at radius 1 is 1.24 bits per heavy atom. The molecule has 0 aliphatic carbocycles. The summed E-state index contributed by atoms with van der Waals surface area (Å²) in [5.41, 5.74) is 2.20. The van der Waals surface area contributed by atoms with Gasteiger partial charge in [0, 0.05) is 5.69 Å². The summed E-state index contributed by atoms with van der Waals surface area (Å²) in [6.45, 7) is 8.76.